The van der Waals surface area contributed by atoms with Gasteiger partial charge in [-0.15, -0.1) is 0 Å². The number of amides is 1. The van der Waals surface area contributed by atoms with Crippen LogP contribution in [0.2, 0.25) is 0 Å². The van der Waals surface area contributed by atoms with Gasteiger partial charge in [0, 0.05) is 15.5 Å². The van der Waals surface area contributed by atoms with Crippen LogP contribution in [0.5, 0.6) is 0 Å². The Balaban J connectivity index is 2.63. The summed E-state index contributed by atoms with van der Waals surface area (Å²) in [5.41, 5.74) is 6.76. The highest BCUT2D eigenvalue weighted by molar-refractivity contribution is 7.87. The van der Waals surface area contributed by atoms with E-state index in [2.05, 4.69) is 5.32 Å². The summed E-state index contributed by atoms with van der Waals surface area (Å²) in [6.07, 6.45) is 0. The number of hydrogen-bond donors (Lipinski definition) is 2. The molecular formula is C12H18N2O2S. The molecule has 0 radical (unpaired) electrons. The summed E-state index contributed by atoms with van der Waals surface area (Å²) >= 11 is 0. The largest absolute Gasteiger partial charge is 0.397 e. The van der Waals surface area contributed by atoms with Crippen molar-refractivity contribution in [3.05, 3.63) is 24.3 Å². The van der Waals surface area contributed by atoms with Crippen LogP contribution in [0.25, 0.3) is 0 Å². The van der Waals surface area contributed by atoms with Gasteiger partial charge < -0.3 is 11.1 Å². The van der Waals surface area contributed by atoms with Crippen molar-refractivity contribution in [3.8, 4) is 0 Å². The van der Waals surface area contributed by atoms with Crippen molar-refractivity contribution in [2.75, 3.05) is 16.8 Å². The fourth-order valence-electron chi connectivity index (χ4n) is 1.13. The Kier molecular flexibility index (Phi) is 4.28. The Labute approximate surface area is 104 Å². The summed E-state index contributed by atoms with van der Waals surface area (Å²) < 4.78 is 11.4. The molecule has 17 heavy (non-hydrogen) atoms. The number of rotatable bonds is 3. The summed E-state index contributed by atoms with van der Waals surface area (Å²) in [7, 11) is -1.20. The van der Waals surface area contributed by atoms with E-state index < -0.39 is 10.8 Å². The fraction of sp³-hybridized carbons (Fsp3) is 0.417. The van der Waals surface area contributed by atoms with E-state index in [1.807, 2.05) is 20.8 Å². The third-order valence-corrected chi connectivity index (χ3v) is 4.07. The Morgan fingerprint density at radius 1 is 1.35 bits per heavy atom. The first-order chi connectivity index (χ1) is 7.80. The van der Waals surface area contributed by atoms with Gasteiger partial charge >= 0.3 is 0 Å². The highest BCUT2D eigenvalue weighted by atomic mass is 32.2. The van der Waals surface area contributed by atoms with E-state index in [0.29, 0.717) is 11.4 Å². The minimum absolute atomic E-state index is 0.0160. The van der Waals surface area contributed by atoms with E-state index in [4.69, 9.17) is 5.73 Å². The highest BCUT2D eigenvalue weighted by Crippen LogP contribution is 2.17. The van der Waals surface area contributed by atoms with Gasteiger partial charge in [0.2, 0.25) is 5.91 Å². The third kappa shape index (κ3) is 4.19. The zero-order valence-corrected chi connectivity index (χ0v) is 11.1. The van der Waals surface area contributed by atoms with E-state index in [-0.39, 0.29) is 16.4 Å². The van der Waals surface area contributed by atoms with Crippen molar-refractivity contribution in [2.45, 2.75) is 25.5 Å². The molecule has 3 N–H and O–H groups in total. The summed E-state index contributed by atoms with van der Waals surface area (Å²) in [6.45, 7) is 5.52. The SMILES string of the molecule is CC(C)(C)S(=O)CC(=O)Nc1ccccc1N. The van der Waals surface area contributed by atoms with Gasteiger partial charge in [-0.05, 0) is 32.9 Å². The average Bonchev–Trinajstić information content (AvgIpc) is 2.20. The molecule has 0 saturated carbocycles. The smallest absolute Gasteiger partial charge is 0.237 e. The van der Waals surface area contributed by atoms with E-state index in [1.54, 1.807) is 24.3 Å². The number of benzene rings is 1. The molecule has 1 amide bonds. The van der Waals surface area contributed by atoms with Crippen LogP contribution in [-0.4, -0.2) is 20.6 Å². The number of nitrogens with one attached hydrogen (secondary N) is 1. The lowest BCUT2D eigenvalue weighted by atomic mass is 10.3. The van der Waals surface area contributed by atoms with Crippen LogP contribution in [0.4, 0.5) is 11.4 Å². The topological polar surface area (TPSA) is 72.2 Å². The number of hydrogen-bond acceptors (Lipinski definition) is 3. The Bertz CT molecular complexity index is 438. The van der Waals surface area contributed by atoms with Crippen molar-refractivity contribution in [1.82, 2.24) is 0 Å². The fourth-order valence-corrected chi connectivity index (χ4v) is 1.88. The van der Waals surface area contributed by atoms with E-state index in [9.17, 15) is 9.00 Å². The highest BCUT2D eigenvalue weighted by Gasteiger charge is 2.22. The van der Waals surface area contributed by atoms with Gasteiger partial charge in [0.15, 0.2) is 0 Å². The summed E-state index contributed by atoms with van der Waals surface area (Å²) in [5.74, 6) is -0.297. The normalized spacial score (nSPS) is 13.1. The van der Waals surface area contributed by atoms with E-state index >= 15 is 0 Å². The average molecular weight is 254 g/mol. The number of carbonyl (C=O) groups excluding carboxylic acids is 1. The summed E-state index contributed by atoms with van der Waals surface area (Å²) in [4.78, 5) is 11.7. The molecule has 0 spiro atoms. The maximum Gasteiger partial charge on any atom is 0.237 e. The summed E-state index contributed by atoms with van der Waals surface area (Å²) in [5, 5.41) is 2.66. The second kappa shape index (κ2) is 5.31. The van der Waals surface area contributed by atoms with Crippen molar-refractivity contribution in [1.29, 1.82) is 0 Å². The molecule has 4 nitrogen and oxygen atoms in total. The van der Waals surface area contributed by atoms with Gasteiger partial charge in [0.1, 0.15) is 5.75 Å². The predicted octanol–water partition coefficient (Wildman–Crippen LogP) is 1.75. The van der Waals surface area contributed by atoms with Crippen molar-refractivity contribution in [3.63, 3.8) is 0 Å². The Hall–Kier alpha value is -1.36. The van der Waals surface area contributed by atoms with Crippen molar-refractivity contribution >= 4 is 28.1 Å². The Morgan fingerprint density at radius 3 is 2.47 bits per heavy atom. The molecule has 0 aromatic heterocycles. The lowest BCUT2D eigenvalue weighted by Crippen LogP contribution is -2.30. The molecule has 1 rings (SSSR count). The molecule has 1 unspecified atom stereocenters. The number of nitrogens with two attached hydrogens (primary N) is 1. The van der Waals surface area contributed by atoms with Crippen LogP contribution in [-0.2, 0) is 15.6 Å². The van der Waals surface area contributed by atoms with Gasteiger partial charge in [0.05, 0.1) is 11.4 Å². The van der Waals surface area contributed by atoms with Crippen LogP contribution in [0.1, 0.15) is 20.8 Å². The minimum Gasteiger partial charge on any atom is -0.397 e. The maximum absolute atomic E-state index is 11.8. The number of para-hydroxylation sites is 2. The predicted molar refractivity (Wildman–Crippen MR) is 72.2 cm³/mol. The lowest BCUT2D eigenvalue weighted by molar-refractivity contribution is -0.113. The molecule has 0 heterocycles. The van der Waals surface area contributed by atoms with Crippen molar-refractivity contribution in [2.24, 2.45) is 0 Å². The lowest BCUT2D eigenvalue weighted by Gasteiger charge is -2.17. The molecular weight excluding hydrogens is 236 g/mol. The van der Waals surface area contributed by atoms with E-state index in [0.717, 1.165) is 0 Å². The monoisotopic (exact) mass is 254 g/mol. The molecule has 1 atom stereocenters. The Morgan fingerprint density at radius 2 is 1.94 bits per heavy atom. The number of anilines is 2. The zero-order chi connectivity index (χ0) is 13.1. The zero-order valence-electron chi connectivity index (χ0n) is 10.3. The van der Waals surface area contributed by atoms with Crippen LogP contribution in [0.15, 0.2) is 24.3 Å². The van der Waals surface area contributed by atoms with Crippen LogP contribution in [0, 0.1) is 0 Å². The molecule has 0 fully saturated rings. The molecule has 94 valence electrons. The van der Waals surface area contributed by atoms with Crippen LogP contribution >= 0.6 is 0 Å². The van der Waals surface area contributed by atoms with Gasteiger partial charge in [-0.25, -0.2) is 0 Å². The minimum atomic E-state index is -1.20. The first-order valence-electron chi connectivity index (χ1n) is 5.33. The molecule has 0 aliphatic heterocycles. The standard InChI is InChI=1S/C12H18N2O2S/c1-12(2,3)17(16)8-11(15)14-10-7-5-4-6-9(10)13/h4-7H,8,13H2,1-3H3,(H,14,15). The second-order valence-electron chi connectivity index (χ2n) is 4.74. The molecule has 0 aliphatic carbocycles. The van der Waals surface area contributed by atoms with E-state index in [1.165, 1.54) is 0 Å². The molecule has 0 aliphatic rings. The number of carbonyl (C=O) groups is 1. The third-order valence-electron chi connectivity index (χ3n) is 2.18. The maximum atomic E-state index is 11.8. The first kappa shape index (κ1) is 13.7. The van der Waals surface area contributed by atoms with Gasteiger partial charge in [-0.3, -0.25) is 9.00 Å². The summed E-state index contributed by atoms with van der Waals surface area (Å²) in [6, 6.07) is 6.99. The van der Waals surface area contributed by atoms with Crippen LogP contribution < -0.4 is 11.1 Å². The van der Waals surface area contributed by atoms with Gasteiger partial charge in [-0.1, -0.05) is 12.1 Å². The quantitative estimate of drug-likeness (QED) is 0.807. The van der Waals surface area contributed by atoms with Gasteiger partial charge in [0.25, 0.3) is 0 Å². The molecule has 1 aromatic rings. The molecule has 1 aromatic carbocycles. The second-order valence-corrected chi connectivity index (χ2v) is 6.94. The molecule has 0 saturated heterocycles. The molecule has 0 bridgehead atoms. The van der Waals surface area contributed by atoms with Gasteiger partial charge in [-0.2, -0.15) is 0 Å². The van der Waals surface area contributed by atoms with Crippen LogP contribution in [0.3, 0.4) is 0 Å². The van der Waals surface area contributed by atoms with Crippen molar-refractivity contribution < 1.29 is 9.00 Å². The first-order valence-corrected chi connectivity index (χ1v) is 6.65. The number of nitrogen functional groups attached to an aromatic ring is 1. The molecule has 5 heteroatoms.